The minimum atomic E-state index is 0.519. The summed E-state index contributed by atoms with van der Waals surface area (Å²) < 4.78 is 2.75. The van der Waals surface area contributed by atoms with E-state index in [9.17, 15) is 0 Å². The lowest BCUT2D eigenvalue weighted by Crippen LogP contribution is -2.08. The summed E-state index contributed by atoms with van der Waals surface area (Å²) in [5.74, 6) is 1.32. The summed E-state index contributed by atoms with van der Waals surface area (Å²) in [6, 6.07) is 3.89. The summed E-state index contributed by atoms with van der Waals surface area (Å²) in [4.78, 5) is 4.35. The van der Waals surface area contributed by atoms with Crippen LogP contribution in [0.1, 0.15) is 43.7 Å². The average Bonchev–Trinajstić information content (AvgIpc) is 2.83. The van der Waals surface area contributed by atoms with Crippen LogP contribution in [0.2, 0.25) is 0 Å². The van der Waals surface area contributed by atoms with E-state index < -0.39 is 0 Å². The zero-order valence-corrected chi connectivity index (χ0v) is 12.3. The number of nitrogens with two attached hydrogens (primary N) is 1. The summed E-state index contributed by atoms with van der Waals surface area (Å²) in [6.45, 7) is 0. The van der Waals surface area contributed by atoms with Crippen molar-refractivity contribution in [3.8, 4) is 5.82 Å². The molecule has 100 valence electrons. The first-order chi connectivity index (χ1) is 9.24. The van der Waals surface area contributed by atoms with Gasteiger partial charge in [-0.05, 0) is 40.9 Å². The molecule has 19 heavy (non-hydrogen) atoms. The average molecular weight is 321 g/mol. The third-order valence-corrected chi connectivity index (χ3v) is 4.18. The Hall–Kier alpha value is -1.36. The Morgan fingerprint density at radius 3 is 2.68 bits per heavy atom. The predicted octanol–water partition coefficient (Wildman–Crippen LogP) is 3.66. The molecule has 0 amide bonds. The molecule has 0 radical (unpaired) electrons. The van der Waals surface area contributed by atoms with Crippen LogP contribution in [0.15, 0.2) is 29.0 Å². The molecule has 1 saturated carbocycles. The molecule has 1 aliphatic carbocycles. The Kier molecular flexibility index (Phi) is 3.55. The lowest BCUT2D eigenvalue weighted by Gasteiger charge is -2.19. The topological polar surface area (TPSA) is 56.7 Å². The van der Waals surface area contributed by atoms with Gasteiger partial charge in [-0.25, -0.2) is 9.67 Å². The van der Waals surface area contributed by atoms with Gasteiger partial charge in [0.05, 0.1) is 17.6 Å². The van der Waals surface area contributed by atoms with Gasteiger partial charge < -0.3 is 5.73 Å². The smallest absolute Gasteiger partial charge is 0.153 e. The van der Waals surface area contributed by atoms with Crippen molar-refractivity contribution in [3.63, 3.8) is 0 Å². The normalized spacial score (nSPS) is 16.7. The number of hydrogen-bond acceptors (Lipinski definition) is 3. The highest BCUT2D eigenvalue weighted by Gasteiger charge is 2.21. The number of nitrogens with zero attached hydrogens (tertiary/aromatic N) is 3. The van der Waals surface area contributed by atoms with Crippen LogP contribution in [0, 0.1) is 0 Å². The Morgan fingerprint density at radius 2 is 2.00 bits per heavy atom. The van der Waals surface area contributed by atoms with Crippen LogP contribution in [0.3, 0.4) is 0 Å². The monoisotopic (exact) mass is 320 g/mol. The molecule has 5 heteroatoms. The first kappa shape index (κ1) is 12.7. The molecule has 0 spiro atoms. The fourth-order valence-corrected chi connectivity index (χ4v) is 2.95. The Morgan fingerprint density at radius 1 is 1.21 bits per heavy atom. The fraction of sp³-hybridized carbons (Fsp3) is 0.429. The molecule has 3 rings (SSSR count). The van der Waals surface area contributed by atoms with Gasteiger partial charge in [0.15, 0.2) is 5.82 Å². The zero-order chi connectivity index (χ0) is 13.2. The molecule has 0 saturated heterocycles. The molecule has 2 N–H and O–H groups in total. The van der Waals surface area contributed by atoms with Gasteiger partial charge in [-0.2, -0.15) is 5.10 Å². The highest BCUT2D eigenvalue weighted by molar-refractivity contribution is 9.10. The summed E-state index contributed by atoms with van der Waals surface area (Å²) in [6.07, 6.45) is 9.96. The van der Waals surface area contributed by atoms with Crippen molar-refractivity contribution in [3.05, 3.63) is 34.7 Å². The van der Waals surface area contributed by atoms with Crippen molar-refractivity contribution in [1.82, 2.24) is 14.8 Å². The molecule has 4 nitrogen and oxygen atoms in total. The van der Waals surface area contributed by atoms with E-state index in [1.165, 1.54) is 32.1 Å². The quantitative estimate of drug-likeness (QED) is 0.918. The van der Waals surface area contributed by atoms with Crippen LogP contribution in [0.4, 0.5) is 5.69 Å². The number of hydrogen-bond donors (Lipinski definition) is 1. The summed E-state index contributed by atoms with van der Waals surface area (Å²) >= 11 is 3.38. The molecule has 0 aliphatic heterocycles. The maximum atomic E-state index is 6.12. The number of nitrogen functional groups attached to an aromatic ring is 1. The van der Waals surface area contributed by atoms with E-state index in [4.69, 9.17) is 5.73 Å². The maximum Gasteiger partial charge on any atom is 0.153 e. The number of rotatable bonds is 2. The molecule has 2 heterocycles. The molecule has 0 atom stereocenters. The van der Waals surface area contributed by atoms with Crippen molar-refractivity contribution in [2.75, 3.05) is 5.73 Å². The van der Waals surface area contributed by atoms with Gasteiger partial charge in [0.2, 0.25) is 0 Å². The minimum absolute atomic E-state index is 0.519. The lowest BCUT2D eigenvalue weighted by molar-refractivity contribution is 0.435. The van der Waals surface area contributed by atoms with Gasteiger partial charge in [-0.3, -0.25) is 0 Å². The fourth-order valence-electron chi connectivity index (χ4n) is 2.71. The van der Waals surface area contributed by atoms with E-state index in [-0.39, 0.29) is 0 Å². The lowest BCUT2D eigenvalue weighted by atomic mass is 9.86. The van der Waals surface area contributed by atoms with Gasteiger partial charge in [-0.15, -0.1) is 0 Å². The largest absolute Gasteiger partial charge is 0.396 e. The summed E-state index contributed by atoms with van der Waals surface area (Å²) in [7, 11) is 0. The molecule has 0 unspecified atom stereocenters. The van der Waals surface area contributed by atoms with Crippen LogP contribution in [0.5, 0.6) is 0 Å². The molecule has 2 aromatic heterocycles. The molecule has 0 bridgehead atoms. The van der Waals surface area contributed by atoms with Crippen LogP contribution in [-0.4, -0.2) is 14.8 Å². The van der Waals surface area contributed by atoms with E-state index in [1.807, 2.05) is 18.3 Å². The standard InChI is InChI=1S/C14H17BrN4/c15-11-6-7-13(17-8-11)19-9-12(16)14(18-19)10-4-2-1-3-5-10/h6-10H,1-5,16H2. The second-order valence-electron chi connectivity index (χ2n) is 5.08. The van der Waals surface area contributed by atoms with Crippen molar-refractivity contribution in [2.24, 2.45) is 0 Å². The van der Waals surface area contributed by atoms with E-state index in [0.29, 0.717) is 5.92 Å². The molecular formula is C14H17BrN4. The third-order valence-electron chi connectivity index (χ3n) is 3.71. The third kappa shape index (κ3) is 2.66. The van der Waals surface area contributed by atoms with Crippen LogP contribution >= 0.6 is 15.9 Å². The number of aromatic nitrogens is 3. The molecule has 2 aromatic rings. The number of anilines is 1. The van der Waals surface area contributed by atoms with Crippen molar-refractivity contribution >= 4 is 21.6 Å². The van der Waals surface area contributed by atoms with E-state index in [1.54, 1.807) is 10.9 Å². The van der Waals surface area contributed by atoms with Gasteiger partial charge in [0.25, 0.3) is 0 Å². The van der Waals surface area contributed by atoms with E-state index in [2.05, 4.69) is 26.0 Å². The highest BCUT2D eigenvalue weighted by Crippen LogP contribution is 2.34. The molecule has 1 aliphatic rings. The SMILES string of the molecule is Nc1cn(-c2ccc(Br)cn2)nc1C1CCCCC1. The zero-order valence-electron chi connectivity index (χ0n) is 10.7. The second kappa shape index (κ2) is 5.33. The van der Waals surface area contributed by atoms with Crippen molar-refractivity contribution in [1.29, 1.82) is 0 Å². The summed E-state index contributed by atoms with van der Waals surface area (Å²) in [5.41, 5.74) is 7.95. The van der Waals surface area contributed by atoms with E-state index >= 15 is 0 Å². The number of pyridine rings is 1. The Labute approximate surface area is 121 Å². The maximum absolute atomic E-state index is 6.12. The highest BCUT2D eigenvalue weighted by atomic mass is 79.9. The van der Waals surface area contributed by atoms with Crippen LogP contribution in [0.25, 0.3) is 5.82 Å². The second-order valence-corrected chi connectivity index (χ2v) is 6.00. The predicted molar refractivity (Wildman–Crippen MR) is 79.3 cm³/mol. The van der Waals surface area contributed by atoms with Crippen LogP contribution < -0.4 is 5.73 Å². The van der Waals surface area contributed by atoms with Crippen molar-refractivity contribution in [2.45, 2.75) is 38.0 Å². The summed E-state index contributed by atoms with van der Waals surface area (Å²) in [5, 5.41) is 4.65. The van der Waals surface area contributed by atoms with Crippen molar-refractivity contribution < 1.29 is 0 Å². The molecule has 1 fully saturated rings. The van der Waals surface area contributed by atoms with Gasteiger partial charge >= 0.3 is 0 Å². The Balaban J connectivity index is 1.90. The first-order valence-corrected chi connectivity index (χ1v) is 7.50. The van der Waals surface area contributed by atoms with E-state index in [0.717, 1.165) is 21.7 Å². The minimum Gasteiger partial charge on any atom is -0.396 e. The molecular weight excluding hydrogens is 304 g/mol. The number of halogens is 1. The first-order valence-electron chi connectivity index (χ1n) is 6.71. The van der Waals surface area contributed by atoms with Gasteiger partial charge in [-0.1, -0.05) is 19.3 Å². The van der Waals surface area contributed by atoms with Crippen LogP contribution in [-0.2, 0) is 0 Å². The Bertz CT molecular complexity index is 555. The van der Waals surface area contributed by atoms with Gasteiger partial charge in [0, 0.05) is 16.6 Å². The molecule has 0 aromatic carbocycles. The van der Waals surface area contributed by atoms with Gasteiger partial charge in [0.1, 0.15) is 0 Å².